The Hall–Kier alpha value is -4.24. The van der Waals surface area contributed by atoms with Crippen LogP contribution in [-0.4, -0.2) is 54.6 Å². The number of esters is 1. The van der Waals surface area contributed by atoms with Crippen LogP contribution >= 0.6 is 12.2 Å². The van der Waals surface area contributed by atoms with Crippen LogP contribution < -0.4 is 15.0 Å². The number of thiocarbonyl (C=S) groups is 1. The van der Waals surface area contributed by atoms with Crippen LogP contribution in [0.3, 0.4) is 0 Å². The first-order valence-corrected chi connectivity index (χ1v) is 12.6. The average molecular weight is 532 g/mol. The van der Waals surface area contributed by atoms with Crippen molar-refractivity contribution in [2.75, 3.05) is 31.0 Å². The highest BCUT2D eigenvalue weighted by molar-refractivity contribution is 7.80. The van der Waals surface area contributed by atoms with E-state index in [-0.39, 0.29) is 18.2 Å². The van der Waals surface area contributed by atoms with Crippen molar-refractivity contribution in [2.24, 2.45) is 0 Å². The number of carbonyl (C=O) groups excluding carboxylic acids is 3. The largest absolute Gasteiger partial charge is 0.497 e. The number of benzene rings is 3. The summed E-state index contributed by atoms with van der Waals surface area (Å²) in [5, 5.41) is 3.18. The van der Waals surface area contributed by atoms with Gasteiger partial charge in [0.25, 0.3) is 5.91 Å². The summed E-state index contributed by atoms with van der Waals surface area (Å²) in [5.41, 5.74) is 2.70. The second-order valence-corrected chi connectivity index (χ2v) is 9.14. The Bertz CT molecular complexity index is 1300. The molecule has 1 aliphatic rings. The minimum Gasteiger partial charge on any atom is -0.497 e. The van der Waals surface area contributed by atoms with Gasteiger partial charge in [0.1, 0.15) is 11.8 Å². The summed E-state index contributed by atoms with van der Waals surface area (Å²) in [5.74, 6) is -0.379. The summed E-state index contributed by atoms with van der Waals surface area (Å²) in [6.45, 7) is 0.526. The number of hydrogen-bond donors (Lipinski definition) is 1. The lowest BCUT2D eigenvalue weighted by Gasteiger charge is -2.24. The Morgan fingerprint density at radius 3 is 2.26 bits per heavy atom. The highest BCUT2D eigenvalue weighted by Gasteiger charge is 2.43. The SMILES string of the molecule is COC(=O)c1ccc(NC(=O)CC2C(=O)N(c3ccc(OC)cc3)C(=S)N2CCCc2ccccc2)cc1. The van der Waals surface area contributed by atoms with E-state index in [1.54, 1.807) is 55.6 Å². The summed E-state index contributed by atoms with van der Waals surface area (Å²) < 4.78 is 9.94. The molecule has 0 spiro atoms. The maximum absolute atomic E-state index is 13.6. The fraction of sp³-hybridized carbons (Fsp3) is 0.241. The molecule has 3 aromatic carbocycles. The van der Waals surface area contributed by atoms with Gasteiger partial charge < -0.3 is 19.7 Å². The summed E-state index contributed by atoms with van der Waals surface area (Å²) in [7, 11) is 2.88. The first-order chi connectivity index (χ1) is 18.4. The normalized spacial score (nSPS) is 14.9. The van der Waals surface area contributed by atoms with Crippen LogP contribution in [0.1, 0.15) is 28.8 Å². The Morgan fingerprint density at radius 1 is 0.947 bits per heavy atom. The molecule has 0 radical (unpaired) electrons. The van der Waals surface area contributed by atoms with E-state index in [4.69, 9.17) is 21.7 Å². The zero-order valence-electron chi connectivity index (χ0n) is 21.3. The van der Waals surface area contributed by atoms with Crippen LogP contribution in [0.25, 0.3) is 0 Å². The van der Waals surface area contributed by atoms with Gasteiger partial charge in [0.05, 0.1) is 31.9 Å². The van der Waals surface area contributed by atoms with Crippen LogP contribution in [-0.2, 0) is 20.7 Å². The molecule has 4 rings (SSSR count). The van der Waals surface area contributed by atoms with Gasteiger partial charge in [-0.25, -0.2) is 4.79 Å². The monoisotopic (exact) mass is 531 g/mol. The van der Waals surface area contributed by atoms with Gasteiger partial charge in [-0.05, 0) is 79.2 Å². The smallest absolute Gasteiger partial charge is 0.337 e. The Labute approximate surface area is 227 Å². The Balaban J connectivity index is 1.49. The molecule has 3 aromatic rings. The zero-order chi connectivity index (χ0) is 27.1. The van der Waals surface area contributed by atoms with Crippen LogP contribution in [0, 0.1) is 0 Å². The number of ether oxygens (including phenoxy) is 2. The molecule has 1 atom stereocenters. The molecule has 8 nitrogen and oxygen atoms in total. The van der Waals surface area contributed by atoms with Crippen LogP contribution in [0.4, 0.5) is 11.4 Å². The maximum Gasteiger partial charge on any atom is 0.337 e. The third-order valence-electron chi connectivity index (χ3n) is 6.33. The summed E-state index contributed by atoms with van der Waals surface area (Å²) in [6.07, 6.45) is 1.51. The van der Waals surface area contributed by atoms with Gasteiger partial charge in [0.2, 0.25) is 5.91 Å². The number of amides is 2. The average Bonchev–Trinajstić information content (AvgIpc) is 3.17. The molecule has 0 saturated carbocycles. The summed E-state index contributed by atoms with van der Waals surface area (Å²) in [4.78, 5) is 41.6. The highest BCUT2D eigenvalue weighted by Crippen LogP contribution is 2.29. The molecule has 0 aromatic heterocycles. The van der Waals surface area contributed by atoms with Crippen molar-refractivity contribution in [3.05, 3.63) is 90.0 Å². The van der Waals surface area contributed by atoms with E-state index >= 15 is 0 Å². The van der Waals surface area contributed by atoms with Gasteiger partial charge in [-0.1, -0.05) is 30.3 Å². The van der Waals surface area contributed by atoms with Crippen molar-refractivity contribution in [1.29, 1.82) is 0 Å². The van der Waals surface area contributed by atoms with E-state index in [9.17, 15) is 14.4 Å². The molecule has 196 valence electrons. The van der Waals surface area contributed by atoms with Crippen molar-refractivity contribution in [1.82, 2.24) is 4.90 Å². The second-order valence-electron chi connectivity index (χ2n) is 8.77. The van der Waals surface area contributed by atoms with Gasteiger partial charge in [-0.2, -0.15) is 0 Å². The number of methoxy groups -OCH3 is 2. The van der Waals surface area contributed by atoms with Gasteiger partial charge in [-0.15, -0.1) is 0 Å². The lowest BCUT2D eigenvalue weighted by atomic mass is 10.1. The van der Waals surface area contributed by atoms with Crippen LogP contribution in [0.15, 0.2) is 78.9 Å². The lowest BCUT2D eigenvalue weighted by molar-refractivity contribution is -0.124. The first kappa shape index (κ1) is 26.8. The molecule has 1 aliphatic heterocycles. The molecule has 1 N–H and O–H groups in total. The molecule has 1 fully saturated rings. The number of aryl methyl sites for hydroxylation is 1. The number of hydrogen-bond acceptors (Lipinski definition) is 6. The molecule has 1 unspecified atom stereocenters. The van der Waals surface area contributed by atoms with E-state index in [1.165, 1.54) is 17.6 Å². The minimum atomic E-state index is -0.741. The molecule has 0 aliphatic carbocycles. The van der Waals surface area contributed by atoms with Gasteiger partial charge in [-0.3, -0.25) is 14.5 Å². The fourth-order valence-electron chi connectivity index (χ4n) is 4.35. The van der Waals surface area contributed by atoms with Gasteiger partial charge in [0.15, 0.2) is 5.11 Å². The highest BCUT2D eigenvalue weighted by atomic mass is 32.1. The first-order valence-electron chi connectivity index (χ1n) is 12.2. The molecule has 1 heterocycles. The third-order valence-corrected chi connectivity index (χ3v) is 6.74. The Morgan fingerprint density at radius 2 is 1.63 bits per heavy atom. The number of nitrogens with one attached hydrogen (secondary N) is 1. The molecule has 0 bridgehead atoms. The van der Waals surface area contributed by atoms with Gasteiger partial charge >= 0.3 is 5.97 Å². The number of carbonyl (C=O) groups is 3. The maximum atomic E-state index is 13.6. The molecule has 38 heavy (non-hydrogen) atoms. The second kappa shape index (κ2) is 12.3. The van der Waals surface area contributed by atoms with Gasteiger partial charge in [0, 0.05) is 12.2 Å². The standard InChI is InChI=1S/C29H29N3O5S/c1-36-24-16-14-23(15-17-24)32-27(34)25(31(29(32)38)18-6-9-20-7-4-3-5-8-20)19-26(33)30-22-12-10-21(11-13-22)28(35)37-2/h3-5,7-8,10-17,25H,6,9,18-19H2,1-2H3,(H,30,33). The minimum absolute atomic E-state index is 0.0737. The number of rotatable bonds is 10. The number of nitrogens with zero attached hydrogens (tertiary/aromatic N) is 2. The zero-order valence-corrected chi connectivity index (χ0v) is 22.1. The van der Waals surface area contributed by atoms with Crippen molar-refractivity contribution in [3.63, 3.8) is 0 Å². The molecule has 2 amide bonds. The molecule has 9 heteroatoms. The van der Waals surface area contributed by atoms with Crippen molar-refractivity contribution in [3.8, 4) is 5.75 Å². The van der Waals surface area contributed by atoms with E-state index < -0.39 is 12.0 Å². The number of anilines is 2. The summed E-state index contributed by atoms with van der Waals surface area (Å²) in [6, 6.07) is 22.8. The quantitative estimate of drug-likeness (QED) is 0.306. The van der Waals surface area contributed by atoms with Crippen molar-refractivity contribution >= 4 is 46.5 Å². The molecule has 1 saturated heterocycles. The van der Waals surface area contributed by atoms with Crippen LogP contribution in [0.2, 0.25) is 0 Å². The third kappa shape index (κ3) is 6.18. The van der Waals surface area contributed by atoms with E-state index in [1.807, 2.05) is 23.1 Å². The summed E-state index contributed by atoms with van der Waals surface area (Å²) >= 11 is 5.75. The van der Waals surface area contributed by atoms with E-state index in [0.29, 0.717) is 34.3 Å². The predicted molar refractivity (Wildman–Crippen MR) is 149 cm³/mol. The Kier molecular flexibility index (Phi) is 8.70. The molecular weight excluding hydrogens is 502 g/mol. The van der Waals surface area contributed by atoms with Crippen LogP contribution in [0.5, 0.6) is 5.75 Å². The van der Waals surface area contributed by atoms with Crippen molar-refractivity contribution < 1.29 is 23.9 Å². The van der Waals surface area contributed by atoms with E-state index in [0.717, 1.165) is 12.8 Å². The molecular formula is C29H29N3O5S. The van der Waals surface area contributed by atoms with E-state index in [2.05, 4.69) is 17.4 Å². The predicted octanol–water partition coefficient (Wildman–Crippen LogP) is 4.45. The lowest BCUT2D eigenvalue weighted by Crippen LogP contribution is -2.38. The topological polar surface area (TPSA) is 88.2 Å². The van der Waals surface area contributed by atoms with Crippen molar-refractivity contribution in [2.45, 2.75) is 25.3 Å². The fourth-order valence-corrected chi connectivity index (χ4v) is 4.76.